The molecule has 0 aromatic carbocycles. The molecule has 1 aromatic rings. The van der Waals surface area contributed by atoms with Crippen molar-refractivity contribution >= 4 is 6.09 Å². The lowest BCUT2D eigenvalue weighted by Gasteiger charge is -2.34. The Kier molecular flexibility index (Phi) is 3.87. The Bertz CT molecular complexity index is 465. The molecule has 5 heteroatoms. The van der Waals surface area contributed by atoms with E-state index in [2.05, 4.69) is 16.0 Å². The summed E-state index contributed by atoms with van der Waals surface area (Å²) < 4.78 is 4.91. The number of ether oxygens (including phenoxy) is 1. The quantitative estimate of drug-likeness (QED) is 0.825. The molecule has 0 unspecified atom stereocenters. The van der Waals surface area contributed by atoms with Gasteiger partial charge in [0.15, 0.2) is 0 Å². The Morgan fingerprint density at radius 2 is 2.25 bits per heavy atom. The normalized spacial score (nSPS) is 26.4. The van der Waals surface area contributed by atoms with Gasteiger partial charge < -0.3 is 9.64 Å². The summed E-state index contributed by atoms with van der Waals surface area (Å²) in [7, 11) is 1.46. The number of fused-ring (bicyclic) bond motifs is 4. The van der Waals surface area contributed by atoms with Gasteiger partial charge in [0.05, 0.1) is 12.8 Å². The van der Waals surface area contributed by atoms with Crippen LogP contribution in [-0.4, -0.2) is 53.7 Å². The molecule has 0 spiro atoms. The number of hydrogen-bond donors (Lipinski definition) is 0. The molecule has 5 nitrogen and oxygen atoms in total. The molecule has 0 N–H and O–H groups in total. The second kappa shape index (κ2) is 5.79. The number of rotatable bonds is 2. The molecule has 3 aliphatic heterocycles. The van der Waals surface area contributed by atoms with Gasteiger partial charge in [-0.15, -0.1) is 0 Å². The summed E-state index contributed by atoms with van der Waals surface area (Å²) >= 11 is 0. The van der Waals surface area contributed by atoms with Crippen LogP contribution >= 0.6 is 0 Å². The van der Waals surface area contributed by atoms with Gasteiger partial charge in [0, 0.05) is 38.4 Å². The van der Waals surface area contributed by atoms with Crippen LogP contribution in [0.3, 0.4) is 0 Å². The van der Waals surface area contributed by atoms with E-state index < -0.39 is 0 Å². The minimum Gasteiger partial charge on any atom is -0.453 e. The van der Waals surface area contributed by atoms with Crippen molar-refractivity contribution in [2.75, 3.05) is 26.7 Å². The van der Waals surface area contributed by atoms with Crippen molar-refractivity contribution in [3.8, 4) is 0 Å². The molecule has 2 atom stereocenters. The lowest BCUT2D eigenvalue weighted by atomic mass is 9.95. The van der Waals surface area contributed by atoms with Crippen molar-refractivity contribution in [1.29, 1.82) is 0 Å². The van der Waals surface area contributed by atoms with Crippen molar-refractivity contribution in [3.05, 3.63) is 30.1 Å². The topological polar surface area (TPSA) is 45.7 Å². The number of aromatic nitrogens is 1. The molecular formula is C15H21N3O2. The van der Waals surface area contributed by atoms with E-state index in [0.29, 0.717) is 5.92 Å². The Morgan fingerprint density at radius 1 is 1.35 bits per heavy atom. The van der Waals surface area contributed by atoms with Crippen LogP contribution in [-0.2, 0) is 11.3 Å². The number of carbonyl (C=O) groups is 1. The number of methoxy groups -OCH3 is 1. The number of carbonyl (C=O) groups excluding carboxylic acids is 1. The highest BCUT2D eigenvalue weighted by atomic mass is 16.5. The van der Waals surface area contributed by atoms with Crippen molar-refractivity contribution < 1.29 is 9.53 Å². The summed E-state index contributed by atoms with van der Waals surface area (Å²) in [4.78, 5) is 20.6. The largest absolute Gasteiger partial charge is 0.453 e. The first-order valence-corrected chi connectivity index (χ1v) is 7.23. The average molecular weight is 275 g/mol. The fourth-order valence-electron chi connectivity index (χ4n) is 3.37. The van der Waals surface area contributed by atoms with E-state index in [0.717, 1.165) is 38.3 Å². The first-order chi connectivity index (χ1) is 9.76. The van der Waals surface area contributed by atoms with Gasteiger partial charge in [0.2, 0.25) is 0 Å². The molecule has 0 radical (unpaired) electrons. The van der Waals surface area contributed by atoms with Crippen LogP contribution in [0.2, 0.25) is 0 Å². The fourth-order valence-corrected chi connectivity index (χ4v) is 3.37. The second-order valence-corrected chi connectivity index (χ2v) is 5.73. The minimum atomic E-state index is -0.181. The maximum absolute atomic E-state index is 11.8. The van der Waals surface area contributed by atoms with E-state index in [1.807, 2.05) is 23.2 Å². The van der Waals surface area contributed by atoms with Gasteiger partial charge in [-0.3, -0.25) is 9.88 Å². The van der Waals surface area contributed by atoms with Gasteiger partial charge in [-0.1, -0.05) is 6.07 Å². The third-order valence-electron chi connectivity index (χ3n) is 4.31. The molecule has 3 saturated heterocycles. The van der Waals surface area contributed by atoms with E-state index in [-0.39, 0.29) is 12.1 Å². The van der Waals surface area contributed by atoms with Crippen LogP contribution in [0.4, 0.5) is 4.79 Å². The first-order valence-electron chi connectivity index (χ1n) is 7.23. The molecular weight excluding hydrogens is 254 g/mol. The van der Waals surface area contributed by atoms with Gasteiger partial charge in [0.1, 0.15) is 0 Å². The number of amides is 1. The van der Waals surface area contributed by atoms with Crippen LogP contribution in [0, 0.1) is 5.92 Å². The maximum atomic E-state index is 11.8. The van der Waals surface area contributed by atoms with E-state index in [4.69, 9.17) is 4.74 Å². The molecule has 108 valence electrons. The molecule has 3 fully saturated rings. The van der Waals surface area contributed by atoms with Crippen LogP contribution in [0.25, 0.3) is 0 Å². The predicted octanol–water partition coefficient (Wildman–Crippen LogP) is 1.74. The molecule has 2 bridgehead atoms. The molecule has 1 aromatic heterocycles. The second-order valence-electron chi connectivity index (χ2n) is 5.73. The van der Waals surface area contributed by atoms with Crippen molar-refractivity contribution in [2.45, 2.75) is 25.4 Å². The number of pyridine rings is 1. The fraction of sp³-hybridized carbons (Fsp3) is 0.600. The van der Waals surface area contributed by atoms with Crippen LogP contribution < -0.4 is 0 Å². The lowest BCUT2D eigenvalue weighted by Crippen LogP contribution is -2.47. The van der Waals surface area contributed by atoms with Crippen LogP contribution in [0.15, 0.2) is 24.4 Å². The van der Waals surface area contributed by atoms with Gasteiger partial charge in [-0.2, -0.15) is 0 Å². The van der Waals surface area contributed by atoms with Gasteiger partial charge >= 0.3 is 6.09 Å². The Hall–Kier alpha value is -1.62. The third-order valence-corrected chi connectivity index (χ3v) is 4.31. The van der Waals surface area contributed by atoms with Gasteiger partial charge in [-0.05, 0) is 30.9 Å². The zero-order chi connectivity index (χ0) is 13.9. The summed E-state index contributed by atoms with van der Waals surface area (Å²) in [6.07, 6.45) is 3.94. The standard InChI is InChI=1S/C15H21N3O2/c1-20-15(19)18-9-12-5-6-14(18)11-17(8-12)10-13-4-2-3-7-16-13/h2-4,7,12,14H,5-6,8-11H2,1H3/t12-,14+/m1/s1. The Morgan fingerprint density at radius 3 is 3.00 bits per heavy atom. The summed E-state index contributed by atoms with van der Waals surface area (Å²) in [6, 6.07) is 6.31. The molecule has 0 saturated carbocycles. The van der Waals surface area contributed by atoms with Crippen molar-refractivity contribution in [3.63, 3.8) is 0 Å². The molecule has 0 aliphatic carbocycles. The number of nitrogens with zero attached hydrogens (tertiary/aromatic N) is 3. The maximum Gasteiger partial charge on any atom is 0.409 e. The average Bonchev–Trinajstić information content (AvgIpc) is 2.77. The van der Waals surface area contributed by atoms with Gasteiger partial charge in [0.25, 0.3) is 0 Å². The first kappa shape index (κ1) is 13.4. The molecule has 4 heterocycles. The highest BCUT2D eigenvalue weighted by Crippen LogP contribution is 2.28. The summed E-state index contributed by atoms with van der Waals surface area (Å²) in [5.41, 5.74) is 1.10. The lowest BCUT2D eigenvalue weighted by molar-refractivity contribution is 0.0833. The summed E-state index contributed by atoms with van der Waals surface area (Å²) in [5.74, 6) is 0.552. The van der Waals surface area contributed by atoms with E-state index in [1.165, 1.54) is 13.5 Å². The van der Waals surface area contributed by atoms with Crippen LogP contribution in [0.5, 0.6) is 0 Å². The Balaban J connectivity index is 1.70. The number of hydrogen-bond acceptors (Lipinski definition) is 4. The molecule has 1 amide bonds. The van der Waals surface area contributed by atoms with Crippen molar-refractivity contribution in [2.24, 2.45) is 5.92 Å². The summed E-state index contributed by atoms with van der Waals surface area (Å²) in [6.45, 7) is 3.65. The smallest absolute Gasteiger partial charge is 0.409 e. The highest BCUT2D eigenvalue weighted by molar-refractivity contribution is 5.68. The zero-order valence-electron chi connectivity index (χ0n) is 11.9. The van der Waals surface area contributed by atoms with Crippen LogP contribution in [0.1, 0.15) is 18.5 Å². The van der Waals surface area contributed by atoms with Gasteiger partial charge in [-0.25, -0.2) is 4.79 Å². The molecule has 4 rings (SSSR count). The van der Waals surface area contributed by atoms with E-state index in [1.54, 1.807) is 0 Å². The third kappa shape index (κ3) is 2.77. The zero-order valence-corrected chi connectivity index (χ0v) is 11.9. The summed E-state index contributed by atoms with van der Waals surface area (Å²) in [5, 5.41) is 0. The predicted molar refractivity (Wildman–Crippen MR) is 75.1 cm³/mol. The number of piperidine rings is 1. The molecule has 3 aliphatic rings. The molecule has 20 heavy (non-hydrogen) atoms. The SMILES string of the molecule is COC(=O)N1C[C@@H]2CC[C@H]1CN(Cc1ccccn1)C2. The Labute approximate surface area is 119 Å². The minimum absolute atomic E-state index is 0.181. The van der Waals surface area contributed by atoms with E-state index in [9.17, 15) is 4.79 Å². The highest BCUT2D eigenvalue weighted by Gasteiger charge is 2.37. The van der Waals surface area contributed by atoms with E-state index >= 15 is 0 Å². The monoisotopic (exact) mass is 275 g/mol. The van der Waals surface area contributed by atoms with Crippen molar-refractivity contribution in [1.82, 2.24) is 14.8 Å².